The molecule has 0 heterocycles. The Bertz CT molecular complexity index is 1050. The van der Waals surface area contributed by atoms with E-state index in [4.69, 9.17) is 0 Å². The summed E-state index contributed by atoms with van der Waals surface area (Å²) in [4.78, 5) is 28.5. The van der Waals surface area contributed by atoms with Crippen LogP contribution in [0.3, 0.4) is 0 Å². The lowest BCUT2D eigenvalue weighted by Gasteiger charge is -2.31. The van der Waals surface area contributed by atoms with Gasteiger partial charge in [-0.25, -0.2) is 0 Å². The van der Waals surface area contributed by atoms with E-state index in [9.17, 15) is 9.59 Å². The van der Waals surface area contributed by atoms with Crippen molar-refractivity contribution in [3.8, 4) is 0 Å². The summed E-state index contributed by atoms with van der Waals surface area (Å²) in [5.41, 5.74) is 4.44. The fraction of sp³-hybridized carbons (Fsp3) is 0.310. The predicted molar refractivity (Wildman–Crippen MR) is 141 cm³/mol. The lowest BCUT2D eigenvalue weighted by molar-refractivity contribution is -0.141. The zero-order chi connectivity index (χ0) is 24.3. The quantitative estimate of drug-likeness (QED) is 0.351. The number of likely N-dealkylation sites (N-methyl/N-ethyl adjacent to an activating group) is 1. The highest BCUT2D eigenvalue weighted by atomic mass is 79.9. The van der Waals surface area contributed by atoms with Gasteiger partial charge in [-0.1, -0.05) is 89.6 Å². The zero-order valence-electron chi connectivity index (χ0n) is 20.0. The molecule has 3 aromatic rings. The van der Waals surface area contributed by atoms with Crippen LogP contribution in [0.2, 0.25) is 0 Å². The summed E-state index contributed by atoms with van der Waals surface area (Å²) in [5.74, 6) is -0.140. The van der Waals surface area contributed by atoms with Crippen LogP contribution in [0.5, 0.6) is 0 Å². The first kappa shape index (κ1) is 25.7. The van der Waals surface area contributed by atoms with Gasteiger partial charge in [0.15, 0.2) is 0 Å². The number of benzene rings is 3. The van der Waals surface area contributed by atoms with Gasteiger partial charge in [0, 0.05) is 30.4 Å². The summed E-state index contributed by atoms with van der Waals surface area (Å²) < 4.78 is 0.981. The van der Waals surface area contributed by atoms with E-state index in [2.05, 4.69) is 52.4 Å². The number of nitrogens with one attached hydrogen (secondary N) is 1. The number of carbonyl (C=O) groups is 2. The van der Waals surface area contributed by atoms with Gasteiger partial charge >= 0.3 is 0 Å². The van der Waals surface area contributed by atoms with Crippen LogP contribution in [0.1, 0.15) is 42.5 Å². The van der Waals surface area contributed by atoms with Gasteiger partial charge in [-0.15, -0.1) is 0 Å². The molecule has 0 bridgehead atoms. The third-order valence-electron chi connectivity index (χ3n) is 5.95. The van der Waals surface area contributed by atoms with Gasteiger partial charge in [0.2, 0.25) is 11.8 Å². The Morgan fingerprint density at radius 2 is 1.44 bits per heavy atom. The maximum absolute atomic E-state index is 13.6. The minimum absolute atomic E-state index is 0.0188. The van der Waals surface area contributed by atoms with Crippen LogP contribution >= 0.6 is 15.9 Å². The van der Waals surface area contributed by atoms with Crippen LogP contribution in [0.15, 0.2) is 83.3 Å². The van der Waals surface area contributed by atoms with Crippen molar-refractivity contribution in [1.29, 1.82) is 0 Å². The van der Waals surface area contributed by atoms with Crippen LogP contribution in [0.4, 0.5) is 0 Å². The second-order valence-electron chi connectivity index (χ2n) is 8.42. The number of hydrogen-bond acceptors (Lipinski definition) is 2. The lowest BCUT2D eigenvalue weighted by atomic mass is 10.0. The monoisotopic (exact) mass is 520 g/mol. The highest BCUT2D eigenvalue weighted by molar-refractivity contribution is 9.10. The average Bonchev–Trinajstić information content (AvgIpc) is 2.87. The zero-order valence-corrected chi connectivity index (χ0v) is 21.6. The number of amides is 2. The van der Waals surface area contributed by atoms with E-state index in [-0.39, 0.29) is 11.8 Å². The van der Waals surface area contributed by atoms with E-state index in [0.29, 0.717) is 32.4 Å². The van der Waals surface area contributed by atoms with Gasteiger partial charge in [0.1, 0.15) is 6.04 Å². The Kier molecular flexibility index (Phi) is 9.89. The van der Waals surface area contributed by atoms with Crippen molar-refractivity contribution in [2.45, 2.75) is 52.1 Å². The standard InChI is InChI=1S/C29H33BrN2O2/c1-3-22-10-12-23(13-11-22)16-19-28(33)32(21-25-14-17-26(30)18-15-25)27(29(34)31-4-2)20-24-8-6-5-7-9-24/h5-15,17-18,27H,3-4,16,19-21H2,1-2H3,(H,31,34)/t27-/m0/s1. The molecule has 0 aliphatic rings. The first-order valence-corrected chi connectivity index (χ1v) is 12.7. The Morgan fingerprint density at radius 3 is 2.06 bits per heavy atom. The van der Waals surface area contributed by atoms with E-state index in [0.717, 1.165) is 27.6 Å². The molecule has 0 fully saturated rings. The molecule has 0 radical (unpaired) electrons. The maximum Gasteiger partial charge on any atom is 0.243 e. The smallest absolute Gasteiger partial charge is 0.243 e. The molecule has 178 valence electrons. The third-order valence-corrected chi connectivity index (χ3v) is 6.48. The SMILES string of the molecule is CCNC(=O)[C@H](Cc1ccccc1)N(Cc1ccc(Br)cc1)C(=O)CCc1ccc(CC)cc1. The molecule has 0 aromatic heterocycles. The van der Waals surface area contributed by atoms with Crippen molar-refractivity contribution in [3.63, 3.8) is 0 Å². The number of rotatable bonds is 11. The fourth-order valence-electron chi connectivity index (χ4n) is 3.97. The maximum atomic E-state index is 13.6. The van der Waals surface area contributed by atoms with Crippen LogP contribution in [-0.4, -0.2) is 29.3 Å². The minimum Gasteiger partial charge on any atom is -0.355 e. The van der Waals surface area contributed by atoms with Crippen molar-refractivity contribution in [3.05, 3.63) is 106 Å². The van der Waals surface area contributed by atoms with Crippen LogP contribution in [0, 0.1) is 0 Å². The van der Waals surface area contributed by atoms with Crippen molar-refractivity contribution < 1.29 is 9.59 Å². The second-order valence-corrected chi connectivity index (χ2v) is 9.33. The number of nitrogens with zero attached hydrogens (tertiary/aromatic N) is 1. The van der Waals surface area contributed by atoms with Gasteiger partial charge in [-0.2, -0.15) is 0 Å². The summed E-state index contributed by atoms with van der Waals surface area (Å²) >= 11 is 3.47. The molecule has 34 heavy (non-hydrogen) atoms. The van der Waals surface area contributed by atoms with Crippen LogP contribution < -0.4 is 5.32 Å². The lowest BCUT2D eigenvalue weighted by Crippen LogP contribution is -2.50. The molecule has 2 amide bonds. The van der Waals surface area contributed by atoms with E-state index < -0.39 is 6.04 Å². The van der Waals surface area contributed by atoms with Crippen molar-refractivity contribution in [1.82, 2.24) is 10.2 Å². The molecule has 4 nitrogen and oxygen atoms in total. The van der Waals surface area contributed by atoms with Crippen molar-refractivity contribution in [2.75, 3.05) is 6.54 Å². The second kappa shape index (κ2) is 13.1. The van der Waals surface area contributed by atoms with E-state index >= 15 is 0 Å². The van der Waals surface area contributed by atoms with Gasteiger partial charge in [0.05, 0.1) is 0 Å². The third kappa shape index (κ3) is 7.56. The molecule has 0 spiro atoms. The molecule has 5 heteroatoms. The molecular formula is C29H33BrN2O2. The Balaban J connectivity index is 1.85. The number of hydrogen-bond donors (Lipinski definition) is 1. The normalized spacial score (nSPS) is 11.6. The summed E-state index contributed by atoms with van der Waals surface area (Å²) in [7, 11) is 0. The first-order valence-electron chi connectivity index (χ1n) is 11.9. The molecule has 3 rings (SSSR count). The van der Waals surface area contributed by atoms with Crippen LogP contribution in [-0.2, 0) is 35.4 Å². The highest BCUT2D eigenvalue weighted by Crippen LogP contribution is 2.19. The largest absolute Gasteiger partial charge is 0.355 e. The average molecular weight is 521 g/mol. The molecule has 3 aromatic carbocycles. The first-order chi connectivity index (χ1) is 16.5. The Labute approximate surface area is 211 Å². The summed E-state index contributed by atoms with van der Waals surface area (Å²) in [6.45, 7) is 4.94. The molecular weight excluding hydrogens is 488 g/mol. The van der Waals surface area contributed by atoms with E-state index in [1.54, 1.807) is 4.90 Å². The summed E-state index contributed by atoms with van der Waals surface area (Å²) in [5, 5.41) is 2.94. The Hall–Kier alpha value is -2.92. The molecule has 0 aliphatic carbocycles. The molecule has 1 N–H and O–H groups in total. The van der Waals surface area contributed by atoms with Crippen LogP contribution in [0.25, 0.3) is 0 Å². The van der Waals surface area contributed by atoms with Gasteiger partial charge in [-0.05, 0) is 54.2 Å². The predicted octanol–water partition coefficient (Wildman–Crippen LogP) is 5.72. The Morgan fingerprint density at radius 1 is 0.824 bits per heavy atom. The topological polar surface area (TPSA) is 49.4 Å². The number of carbonyl (C=O) groups excluding carboxylic acids is 2. The minimum atomic E-state index is -0.582. The van der Waals surface area contributed by atoms with Crippen molar-refractivity contribution in [2.24, 2.45) is 0 Å². The van der Waals surface area contributed by atoms with Gasteiger partial charge < -0.3 is 10.2 Å². The molecule has 0 saturated carbocycles. The molecule has 1 atom stereocenters. The summed E-state index contributed by atoms with van der Waals surface area (Å²) in [6, 6.07) is 25.6. The van der Waals surface area contributed by atoms with E-state index in [1.165, 1.54) is 5.56 Å². The number of halogens is 1. The fourth-order valence-corrected chi connectivity index (χ4v) is 4.23. The molecule has 0 aliphatic heterocycles. The molecule has 0 saturated heterocycles. The van der Waals surface area contributed by atoms with E-state index in [1.807, 2.05) is 61.5 Å². The van der Waals surface area contributed by atoms with Crippen molar-refractivity contribution >= 4 is 27.7 Å². The molecule has 0 unspecified atom stereocenters. The van der Waals surface area contributed by atoms with Gasteiger partial charge in [-0.3, -0.25) is 9.59 Å². The summed E-state index contributed by atoms with van der Waals surface area (Å²) in [6.07, 6.45) is 2.47. The highest BCUT2D eigenvalue weighted by Gasteiger charge is 2.29. The number of aryl methyl sites for hydroxylation is 2. The van der Waals surface area contributed by atoms with Gasteiger partial charge in [0.25, 0.3) is 0 Å².